The lowest BCUT2D eigenvalue weighted by Gasteiger charge is -2.35. The molecule has 6 aromatic carbocycles. The van der Waals surface area contributed by atoms with Crippen molar-refractivity contribution >= 4 is 28.1 Å². The minimum Gasteiger partial charge on any atom is -0.0891 e. The van der Waals surface area contributed by atoms with Crippen molar-refractivity contribution in [3.63, 3.8) is 0 Å². The summed E-state index contributed by atoms with van der Waals surface area (Å²) in [4.78, 5) is 2.75. The minimum atomic E-state index is -0.375. The quantitative estimate of drug-likeness (QED) is 0.210. The molecule has 0 aromatic heterocycles. The third-order valence-corrected chi connectivity index (χ3v) is 10.6. The molecule has 2 aliphatic carbocycles. The van der Waals surface area contributed by atoms with Crippen molar-refractivity contribution in [2.45, 2.75) is 22.6 Å². The molecule has 1 aliphatic heterocycles. The summed E-state index contributed by atoms with van der Waals surface area (Å²) < 4.78 is 0. The summed E-state index contributed by atoms with van der Waals surface area (Å²) in [6, 6.07) is 52.2. The van der Waals surface area contributed by atoms with Crippen molar-refractivity contribution in [3.8, 4) is 11.1 Å². The molecule has 198 valence electrons. The van der Waals surface area contributed by atoms with Crippen LogP contribution in [-0.4, -0.2) is 0 Å². The Bertz CT molecular complexity index is 2040. The molecule has 9 rings (SSSR count). The Morgan fingerprint density at radius 2 is 1.21 bits per heavy atom. The van der Waals surface area contributed by atoms with Crippen LogP contribution in [0.5, 0.6) is 0 Å². The van der Waals surface area contributed by atoms with Gasteiger partial charge in [0.1, 0.15) is 0 Å². The van der Waals surface area contributed by atoms with E-state index in [4.69, 9.17) is 0 Å². The average Bonchev–Trinajstić information content (AvgIpc) is 3.36. The fraction of sp³-hybridized carbons (Fsp3) is 0.0732. The van der Waals surface area contributed by atoms with Gasteiger partial charge < -0.3 is 0 Å². The monoisotopic (exact) mass is 552 g/mol. The molecule has 3 aliphatic rings. The number of fused-ring (bicyclic) bond motifs is 4. The first-order valence-electron chi connectivity index (χ1n) is 14.8. The van der Waals surface area contributed by atoms with Gasteiger partial charge in [-0.3, -0.25) is 0 Å². The summed E-state index contributed by atoms with van der Waals surface area (Å²) in [5.41, 5.74) is 11.9. The molecule has 0 saturated heterocycles. The molecule has 0 fully saturated rings. The Balaban J connectivity index is 1.28. The highest BCUT2D eigenvalue weighted by Crippen LogP contribution is 2.57. The van der Waals surface area contributed by atoms with Gasteiger partial charge in [0.2, 0.25) is 0 Å². The predicted octanol–water partition coefficient (Wildman–Crippen LogP) is 10.8. The second kappa shape index (κ2) is 9.21. The van der Waals surface area contributed by atoms with Gasteiger partial charge in [-0.15, -0.1) is 0 Å². The maximum Gasteiger partial charge on any atom is 0.0713 e. The van der Waals surface area contributed by atoms with Crippen molar-refractivity contribution in [1.29, 1.82) is 0 Å². The van der Waals surface area contributed by atoms with Gasteiger partial charge in [0, 0.05) is 21.1 Å². The molecule has 1 unspecified atom stereocenters. The average molecular weight is 553 g/mol. The number of hydrogen-bond donors (Lipinski definition) is 0. The van der Waals surface area contributed by atoms with E-state index in [-0.39, 0.29) is 5.41 Å². The molecule has 1 atom stereocenters. The van der Waals surface area contributed by atoms with Gasteiger partial charge >= 0.3 is 0 Å². The van der Waals surface area contributed by atoms with E-state index in [0.717, 1.165) is 6.42 Å². The van der Waals surface area contributed by atoms with Crippen LogP contribution in [0.1, 0.15) is 45.7 Å². The molecular formula is C41H28S. The molecule has 0 bridgehead atoms. The first kappa shape index (κ1) is 24.1. The largest absolute Gasteiger partial charge is 0.0891 e. The van der Waals surface area contributed by atoms with Crippen LogP contribution in [-0.2, 0) is 5.41 Å². The highest BCUT2D eigenvalue weighted by molar-refractivity contribution is 8.03. The highest BCUT2D eigenvalue weighted by Gasteiger charge is 2.46. The van der Waals surface area contributed by atoms with Crippen LogP contribution in [0.4, 0.5) is 0 Å². The van der Waals surface area contributed by atoms with E-state index in [1.165, 1.54) is 70.7 Å². The van der Waals surface area contributed by atoms with Crippen molar-refractivity contribution in [3.05, 3.63) is 190 Å². The maximum absolute atomic E-state index is 2.52. The summed E-state index contributed by atoms with van der Waals surface area (Å²) in [5.74, 6) is 0.302. The molecule has 0 spiro atoms. The van der Waals surface area contributed by atoms with Gasteiger partial charge in [0.25, 0.3) is 0 Å². The summed E-state index contributed by atoms with van der Waals surface area (Å²) in [6.07, 6.45) is 5.74. The molecular weight excluding hydrogens is 525 g/mol. The van der Waals surface area contributed by atoms with E-state index in [1.54, 1.807) is 0 Å². The smallest absolute Gasteiger partial charge is 0.0713 e. The summed E-state index contributed by atoms with van der Waals surface area (Å²) in [7, 11) is 0. The van der Waals surface area contributed by atoms with Crippen molar-refractivity contribution in [1.82, 2.24) is 0 Å². The minimum absolute atomic E-state index is 0.302. The van der Waals surface area contributed by atoms with E-state index in [2.05, 4.69) is 152 Å². The second-order valence-electron chi connectivity index (χ2n) is 11.6. The zero-order chi connectivity index (χ0) is 27.7. The highest BCUT2D eigenvalue weighted by atomic mass is 32.2. The molecule has 6 aromatic rings. The summed E-state index contributed by atoms with van der Waals surface area (Å²) in [5, 5.41) is 2.73. The van der Waals surface area contributed by atoms with Crippen LogP contribution in [0.25, 0.3) is 27.5 Å². The van der Waals surface area contributed by atoms with Crippen LogP contribution in [0, 0.1) is 0 Å². The number of rotatable bonds is 3. The van der Waals surface area contributed by atoms with Crippen LogP contribution in [0.15, 0.2) is 161 Å². The lowest BCUT2D eigenvalue weighted by Crippen LogP contribution is -2.28. The normalized spacial score (nSPS) is 17.6. The van der Waals surface area contributed by atoms with E-state index < -0.39 is 0 Å². The Morgan fingerprint density at radius 3 is 2.00 bits per heavy atom. The van der Waals surface area contributed by atoms with Crippen molar-refractivity contribution in [2.24, 2.45) is 0 Å². The topological polar surface area (TPSA) is 0 Å². The second-order valence-corrected chi connectivity index (χ2v) is 12.6. The van der Waals surface area contributed by atoms with E-state index in [9.17, 15) is 0 Å². The van der Waals surface area contributed by atoms with Crippen LogP contribution in [0.3, 0.4) is 0 Å². The number of thioether (sulfide) groups is 1. The molecule has 0 radical (unpaired) electrons. The van der Waals surface area contributed by atoms with Gasteiger partial charge in [-0.05, 0) is 68.0 Å². The fourth-order valence-electron chi connectivity index (χ4n) is 7.84. The van der Waals surface area contributed by atoms with Gasteiger partial charge in [0.05, 0.1) is 5.41 Å². The third kappa shape index (κ3) is 3.26. The number of allylic oxidation sites excluding steroid dienone is 3. The molecule has 1 heteroatoms. The van der Waals surface area contributed by atoms with Gasteiger partial charge in [-0.2, -0.15) is 0 Å². The first-order chi connectivity index (χ1) is 20.8. The zero-order valence-corrected chi connectivity index (χ0v) is 23.9. The first-order valence-corrected chi connectivity index (χ1v) is 15.6. The summed E-state index contributed by atoms with van der Waals surface area (Å²) >= 11 is 1.93. The lowest BCUT2D eigenvalue weighted by molar-refractivity contribution is 0.761. The van der Waals surface area contributed by atoms with Crippen molar-refractivity contribution < 1.29 is 0 Å². The molecule has 0 saturated carbocycles. The van der Waals surface area contributed by atoms with Crippen molar-refractivity contribution in [2.75, 3.05) is 0 Å². The fourth-order valence-corrected chi connectivity index (χ4v) is 9.08. The summed E-state index contributed by atoms with van der Waals surface area (Å²) in [6.45, 7) is 0. The zero-order valence-electron chi connectivity index (χ0n) is 23.1. The number of hydrogen-bond acceptors (Lipinski definition) is 1. The van der Waals surface area contributed by atoms with Crippen LogP contribution in [0.2, 0.25) is 0 Å². The SMILES string of the molecule is C1=CC2=C(c3cccc4cccc(c34)S2)C(c2cccc(C3(c4ccccc4)c4ccccc4-c4ccccc43)c2)C1. The van der Waals surface area contributed by atoms with E-state index in [0.29, 0.717) is 5.92 Å². The van der Waals surface area contributed by atoms with Crippen LogP contribution < -0.4 is 0 Å². The van der Waals surface area contributed by atoms with E-state index >= 15 is 0 Å². The third-order valence-electron chi connectivity index (χ3n) is 9.51. The maximum atomic E-state index is 2.52. The predicted molar refractivity (Wildman–Crippen MR) is 177 cm³/mol. The molecule has 1 heterocycles. The molecule has 0 N–H and O–H groups in total. The standard InChI is InChI=1S/C41H28S/c1-2-15-29(16-3-1)41(35-22-6-4-18-32(35)33-19-5-7-23-36(33)41)30-17-8-14-28(26-30)31-20-11-25-38-40(31)34-21-9-12-27-13-10-24-37(42-38)39(27)34/h1-19,21-26,31H,20H2. The molecule has 42 heavy (non-hydrogen) atoms. The van der Waals surface area contributed by atoms with E-state index in [1.807, 2.05) is 11.8 Å². The van der Waals surface area contributed by atoms with Gasteiger partial charge in [0.15, 0.2) is 0 Å². The van der Waals surface area contributed by atoms with Gasteiger partial charge in [-0.1, -0.05) is 157 Å². The van der Waals surface area contributed by atoms with Gasteiger partial charge in [-0.25, -0.2) is 0 Å². The lowest BCUT2D eigenvalue weighted by atomic mass is 9.67. The Labute approximate surface area is 251 Å². The Hall–Kier alpha value is -4.59. The molecule has 0 amide bonds. The van der Waals surface area contributed by atoms with Crippen LogP contribution >= 0.6 is 11.8 Å². The number of benzene rings is 6. The Kier molecular flexibility index (Phi) is 5.27. The molecule has 0 nitrogen and oxygen atoms in total. The Morgan fingerprint density at radius 1 is 0.571 bits per heavy atom.